The summed E-state index contributed by atoms with van der Waals surface area (Å²) in [5.41, 5.74) is 7.08. The second-order valence-corrected chi connectivity index (χ2v) is 6.92. The standard InChI is InChI=1S/C14H21N3O3S/c1-11(2)7-8-16-9-10-21(19,20)13-5-3-12(4-6-13)14(15)17-18/h3-7,16,18H,8-10H2,1-2H3,(H2,15,17). The Kier molecular flexibility index (Phi) is 6.39. The van der Waals surface area contributed by atoms with Crippen LogP contribution in [-0.2, 0) is 9.84 Å². The van der Waals surface area contributed by atoms with E-state index in [1.807, 2.05) is 19.9 Å². The summed E-state index contributed by atoms with van der Waals surface area (Å²) in [7, 11) is -3.34. The molecule has 0 saturated carbocycles. The second-order valence-electron chi connectivity index (χ2n) is 4.81. The van der Waals surface area contributed by atoms with Crippen LogP contribution in [0.3, 0.4) is 0 Å². The highest BCUT2D eigenvalue weighted by Gasteiger charge is 2.14. The van der Waals surface area contributed by atoms with Crippen molar-refractivity contribution in [3.05, 3.63) is 41.5 Å². The van der Waals surface area contributed by atoms with E-state index in [0.717, 1.165) is 0 Å². The number of nitrogens with two attached hydrogens (primary N) is 1. The third-order valence-electron chi connectivity index (χ3n) is 2.82. The molecule has 0 atom stereocenters. The summed E-state index contributed by atoms with van der Waals surface area (Å²) in [6.07, 6.45) is 2.00. The minimum atomic E-state index is -3.34. The second kappa shape index (κ2) is 7.80. The van der Waals surface area contributed by atoms with Gasteiger partial charge in [-0.3, -0.25) is 0 Å². The lowest BCUT2D eigenvalue weighted by Gasteiger charge is -2.06. The van der Waals surface area contributed by atoms with Gasteiger partial charge >= 0.3 is 0 Å². The largest absolute Gasteiger partial charge is 0.409 e. The molecule has 0 spiro atoms. The Bertz CT molecular complexity index is 615. The lowest BCUT2D eigenvalue weighted by atomic mass is 10.2. The zero-order valence-electron chi connectivity index (χ0n) is 12.2. The molecular weight excluding hydrogens is 290 g/mol. The summed E-state index contributed by atoms with van der Waals surface area (Å²) in [5, 5.41) is 14.5. The number of oxime groups is 1. The summed E-state index contributed by atoms with van der Waals surface area (Å²) in [6, 6.07) is 5.94. The highest BCUT2D eigenvalue weighted by molar-refractivity contribution is 7.91. The summed E-state index contributed by atoms with van der Waals surface area (Å²) >= 11 is 0. The highest BCUT2D eigenvalue weighted by atomic mass is 32.2. The van der Waals surface area contributed by atoms with Crippen LogP contribution in [-0.4, -0.2) is 38.3 Å². The Morgan fingerprint density at radius 2 is 1.95 bits per heavy atom. The quantitative estimate of drug-likeness (QED) is 0.175. The Hall–Kier alpha value is -1.86. The van der Waals surface area contributed by atoms with E-state index in [9.17, 15) is 8.42 Å². The van der Waals surface area contributed by atoms with E-state index in [2.05, 4.69) is 10.5 Å². The fourth-order valence-corrected chi connectivity index (χ4v) is 2.79. The van der Waals surface area contributed by atoms with Gasteiger partial charge in [-0.15, -0.1) is 0 Å². The monoisotopic (exact) mass is 311 g/mol. The molecule has 0 aliphatic heterocycles. The molecule has 6 nitrogen and oxygen atoms in total. The van der Waals surface area contributed by atoms with Crippen LogP contribution >= 0.6 is 0 Å². The molecule has 7 heteroatoms. The average Bonchev–Trinajstić information content (AvgIpc) is 2.45. The highest BCUT2D eigenvalue weighted by Crippen LogP contribution is 2.12. The molecule has 0 amide bonds. The van der Waals surface area contributed by atoms with Gasteiger partial charge in [-0.1, -0.05) is 16.8 Å². The van der Waals surface area contributed by atoms with Crippen molar-refractivity contribution < 1.29 is 13.6 Å². The maximum atomic E-state index is 12.1. The van der Waals surface area contributed by atoms with Crippen LogP contribution in [0.2, 0.25) is 0 Å². The normalized spacial score (nSPS) is 12.2. The molecule has 0 aromatic heterocycles. The van der Waals surface area contributed by atoms with Gasteiger partial charge in [0.15, 0.2) is 15.7 Å². The van der Waals surface area contributed by atoms with Crippen molar-refractivity contribution in [2.75, 3.05) is 18.8 Å². The fourth-order valence-electron chi connectivity index (χ4n) is 1.59. The average molecular weight is 311 g/mol. The molecule has 0 fully saturated rings. The van der Waals surface area contributed by atoms with Crippen molar-refractivity contribution in [3.8, 4) is 0 Å². The van der Waals surface area contributed by atoms with Gasteiger partial charge in [0.1, 0.15) is 0 Å². The first-order valence-electron chi connectivity index (χ1n) is 6.51. The number of benzene rings is 1. The number of sulfone groups is 1. The fraction of sp³-hybridized carbons (Fsp3) is 0.357. The summed E-state index contributed by atoms with van der Waals surface area (Å²) in [5.74, 6) is -0.0330. The third-order valence-corrected chi connectivity index (χ3v) is 4.55. The summed E-state index contributed by atoms with van der Waals surface area (Å²) in [6.45, 7) is 5.01. The van der Waals surface area contributed by atoms with E-state index in [4.69, 9.17) is 10.9 Å². The van der Waals surface area contributed by atoms with Gasteiger partial charge in [0.25, 0.3) is 0 Å². The predicted octanol–water partition coefficient (Wildman–Crippen LogP) is 1.11. The summed E-state index contributed by atoms with van der Waals surface area (Å²) in [4.78, 5) is 0.223. The predicted molar refractivity (Wildman–Crippen MR) is 83.3 cm³/mol. The van der Waals surface area contributed by atoms with E-state index < -0.39 is 9.84 Å². The van der Waals surface area contributed by atoms with Gasteiger partial charge in [-0.2, -0.15) is 0 Å². The smallest absolute Gasteiger partial charge is 0.179 e. The molecule has 1 rings (SSSR count). The third kappa shape index (κ3) is 5.57. The van der Waals surface area contributed by atoms with Gasteiger partial charge in [0, 0.05) is 18.7 Å². The van der Waals surface area contributed by atoms with Crippen LogP contribution in [0.25, 0.3) is 0 Å². The minimum absolute atomic E-state index is 0.0204. The van der Waals surface area contributed by atoms with Crippen LogP contribution in [0, 0.1) is 0 Å². The molecule has 0 aliphatic rings. The van der Waals surface area contributed by atoms with Crippen molar-refractivity contribution in [2.24, 2.45) is 10.9 Å². The molecule has 4 N–H and O–H groups in total. The van der Waals surface area contributed by atoms with Crippen LogP contribution in [0.4, 0.5) is 0 Å². The summed E-state index contributed by atoms with van der Waals surface area (Å²) < 4.78 is 24.2. The van der Waals surface area contributed by atoms with Crippen LogP contribution < -0.4 is 11.1 Å². The Balaban J connectivity index is 2.64. The van der Waals surface area contributed by atoms with Crippen LogP contribution in [0.5, 0.6) is 0 Å². The van der Waals surface area contributed by atoms with E-state index in [1.54, 1.807) is 0 Å². The van der Waals surface area contributed by atoms with Crippen molar-refractivity contribution in [3.63, 3.8) is 0 Å². The number of rotatable bonds is 7. The molecule has 0 saturated heterocycles. The molecule has 0 aliphatic carbocycles. The van der Waals surface area contributed by atoms with Gasteiger partial charge in [0.2, 0.25) is 0 Å². The molecule has 116 valence electrons. The van der Waals surface area contributed by atoms with Crippen LogP contribution in [0.1, 0.15) is 19.4 Å². The first-order chi connectivity index (χ1) is 9.86. The minimum Gasteiger partial charge on any atom is -0.409 e. The lowest BCUT2D eigenvalue weighted by molar-refractivity contribution is 0.318. The maximum Gasteiger partial charge on any atom is 0.179 e. The first-order valence-corrected chi connectivity index (χ1v) is 8.17. The van der Waals surface area contributed by atoms with Crippen molar-refractivity contribution >= 4 is 15.7 Å². The number of nitrogens with zero attached hydrogens (tertiary/aromatic N) is 1. The Labute approximate surface area is 125 Å². The van der Waals surface area contributed by atoms with Crippen molar-refractivity contribution in [2.45, 2.75) is 18.7 Å². The van der Waals surface area contributed by atoms with Crippen molar-refractivity contribution in [1.82, 2.24) is 5.32 Å². The van der Waals surface area contributed by atoms with Crippen LogP contribution in [0.15, 0.2) is 46.0 Å². The molecule has 1 aromatic carbocycles. The zero-order valence-corrected chi connectivity index (χ0v) is 13.0. The number of nitrogens with one attached hydrogen (secondary N) is 1. The molecule has 0 radical (unpaired) electrons. The van der Waals surface area contributed by atoms with E-state index in [1.165, 1.54) is 29.8 Å². The van der Waals surface area contributed by atoms with Gasteiger partial charge in [0.05, 0.1) is 10.6 Å². The molecule has 21 heavy (non-hydrogen) atoms. The molecule has 0 unspecified atom stereocenters. The number of amidine groups is 1. The number of hydrogen-bond donors (Lipinski definition) is 3. The Morgan fingerprint density at radius 1 is 1.33 bits per heavy atom. The maximum absolute atomic E-state index is 12.1. The van der Waals surface area contributed by atoms with E-state index in [0.29, 0.717) is 18.7 Å². The van der Waals surface area contributed by atoms with Gasteiger partial charge in [-0.05, 0) is 38.1 Å². The first kappa shape index (κ1) is 17.2. The van der Waals surface area contributed by atoms with Gasteiger partial charge < -0.3 is 16.3 Å². The topological polar surface area (TPSA) is 105 Å². The van der Waals surface area contributed by atoms with E-state index >= 15 is 0 Å². The number of allylic oxidation sites excluding steroid dienone is 1. The Morgan fingerprint density at radius 3 is 2.48 bits per heavy atom. The zero-order chi connectivity index (χ0) is 15.9. The lowest BCUT2D eigenvalue weighted by Crippen LogP contribution is -2.23. The molecule has 0 heterocycles. The number of hydrogen-bond acceptors (Lipinski definition) is 5. The van der Waals surface area contributed by atoms with E-state index in [-0.39, 0.29) is 16.5 Å². The van der Waals surface area contributed by atoms with Crippen molar-refractivity contribution in [1.29, 1.82) is 0 Å². The molecular formula is C14H21N3O3S. The molecule has 1 aromatic rings. The SMILES string of the molecule is CC(C)=CCNCCS(=O)(=O)c1ccc(/C(N)=N/O)cc1. The molecule has 0 bridgehead atoms. The van der Waals surface area contributed by atoms with Gasteiger partial charge in [-0.25, -0.2) is 8.42 Å².